The van der Waals surface area contributed by atoms with Crippen LogP contribution in [0, 0.1) is 22.2 Å². The van der Waals surface area contributed by atoms with Gasteiger partial charge >= 0.3 is 0 Å². The third kappa shape index (κ3) is 26.4. The van der Waals surface area contributed by atoms with Crippen LogP contribution in [0.1, 0.15) is 115 Å². The molecule has 4 unspecified atom stereocenters. The van der Waals surface area contributed by atoms with Crippen LogP contribution < -0.4 is 0 Å². The first-order valence-corrected chi connectivity index (χ1v) is 33.9. The number of ether oxygens (including phenoxy) is 1. The molecule has 0 amide bonds. The highest BCUT2D eigenvalue weighted by molar-refractivity contribution is 8.79. The van der Waals surface area contributed by atoms with Crippen molar-refractivity contribution in [3.8, 4) is 6.07 Å². The fraction of sp³-hybridized carbons (Fsp3) is 0.569. The zero-order chi connectivity index (χ0) is 51.2. The highest BCUT2D eigenvalue weighted by atomic mass is 33.1. The summed E-state index contributed by atoms with van der Waals surface area (Å²) in [7, 11) is 13.2. The molecule has 0 aliphatic rings. The maximum absolute atomic E-state index is 12.1. The van der Waals surface area contributed by atoms with Gasteiger partial charge in [0.25, 0.3) is 8.53 Å². The molecule has 19 heteroatoms. The first-order valence-electron chi connectivity index (χ1n) is 23.8. The van der Waals surface area contributed by atoms with E-state index < -0.39 is 8.53 Å². The summed E-state index contributed by atoms with van der Waals surface area (Å²) in [6, 6.07) is 26.9. The molecule has 4 aromatic heterocycles. The van der Waals surface area contributed by atoms with E-state index in [9.17, 15) is 4.79 Å². The van der Waals surface area contributed by atoms with Crippen LogP contribution in [-0.2, 0) is 18.6 Å². The molecule has 0 saturated carbocycles. The highest BCUT2D eigenvalue weighted by Crippen LogP contribution is 2.56. The molecule has 0 N–H and O–H groups in total. The minimum absolute atomic E-state index is 0.0709. The van der Waals surface area contributed by atoms with Gasteiger partial charge in [0.15, 0.2) is 0 Å². The number of pyridine rings is 4. The predicted molar refractivity (Wildman–Crippen MR) is 311 cm³/mol. The summed E-state index contributed by atoms with van der Waals surface area (Å²) >= 11 is 0. The Balaban J connectivity index is 0.000000370. The molecule has 386 valence electrons. The van der Waals surface area contributed by atoms with Gasteiger partial charge in [0.2, 0.25) is 0 Å². The molecule has 0 radical (unpaired) electrons. The van der Waals surface area contributed by atoms with Crippen LogP contribution in [0.3, 0.4) is 0 Å². The van der Waals surface area contributed by atoms with E-state index >= 15 is 0 Å². The number of aromatic nitrogens is 4. The molecule has 4 atom stereocenters. The quantitative estimate of drug-likeness (QED) is 0.0261. The van der Waals surface area contributed by atoms with Crippen molar-refractivity contribution in [2.75, 3.05) is 25.6 Å². The van der Waals surface area contributed by atoms with Crippen LogP contribution in [0.15, 0.2) is 118 Å². The average molecular weight is 1120 g/mol. The van der Waals surface area contributed by atoms with E-state index in [4.69, 9.17) is 19.0 Å². The monoisotopic (exact) mass is 1120 g/mol. The van der Waals surface area contributed by atoms with E-state index in [0.29, 0.717) is 60.6 Å². The Kier molecular flexibility index (Phi) is 32.4. The van der Waals surface area contributed by atoms with E-state index in [0.717, 1.165) is 45.1 Å². The topological polar surface area (TPSA) is 123 Å². The first-order chi connectivity index (χ1) is 33.5. The van der Waals surface area contributed by atoms with Crippen LogP contribution >= 0.6 is 94.9 Å². The third-order valence-electron chi connectivity index (χ3n) is 9.84. The molecule has 10 nitrogen and oxygen atoms in total. The Bertz CT molecular complexity index is 1940. The molecule has 0 spiro atoms. The molecule has 70 heavy (non-hydrogen) atoms. The van der Waals surface area contributed by atoms with Gasteiger partial charge in [-0.3, -0.25) is 4.79 Å². The maximum Gasteiger partial charge on any atom is 0.259 e. The van der Waals surface area contributed by atoms with Gasteiger partial charge in [-0.1, -0.05) is 116 Å². The van der Waals surface area contributed by atoms with Crippen molar-refractivity contribution in [1.29, 1.82) is 5.26 Å². The lowest BCUT2D eigenvalue weighted by Gasteiger charge is -2.43. The number of hydrogen-bond acceptors (Lipinski definition) is 18. The van der Waals surface area contributed by atoms with Crippen molar-refractivity contribution in [3.63, 3.8) is 0 Å². The standard InChI is InChI=1S/C26H33N3S6.C25H42N3O4PS2/c1-25(2,3)23(34-31-20-14-8-11-17-28-20)22(33-30-19-13-7-10-16-27-19)24(26(4,5)6)35-32-21-15-9-12-18-29-21;1-6-24(32-33(31-18-11-15-26)28(21(2)3)22(4)5)20-30-17-10-8-12-23(29)14-19-34-35-25-13-7-9-16-27-25/h7-18,22-24H,1-6H3;7,9,13,16,21-22,24H,6,8,10-12,14,17-20H2,1-5H3. The number of hydrogen-bond donors (Lipinski definition) is 0. The number of carbonyl (C=O) groups excluding carboxylic acids is 1. The number of ketones is 1. The summed E-state index contributed by atoms with van der Waals surface area (Å²) < 4.78 is 20.4. The largest absolute Gasteiger partial charge is 0.379 e. The molecule has 4 heterocycles. The minimum Gasteiger partial charge on any atom is -0.379 e. The van der Waals surface area contributed by atoms with Crippen LogP contribution in [-0.4, -0.2) is 89.9 Å². The number of carbonyl (C=O) groups is 1. The van der Waals surface area contributed by atoms with Crippen molar-refractivity contribution in [2.24, 2.45) is 10.8 Å². The maximum atomic E-state index is 12.1. The Hall–Kier alpha value is -1.17. The Morgan fingerprint density at radius 2 is 1.14 bits per heavy atom. The van der Waals surface area contributed by atoms with Crippen LogP contribution in [0.4, 0.5) is 0 Å². The zero-order valence-corrected chi connectivity index (χ0v) is 50.2. The SMILES string of the molecule is CC(C)(C)C(SSc1ccccn1)C(SSc1ccccn1)C(SSc1ccccn1)C(C)(C)C.CCC(COCCCCC(=O)CCSSc1ccccn1)OP(OCCC#N)N(C(C)C)C(C)C. The molecule has 4 aromatic rings. The Morgan fingerprint density at radius 3 is 1.56 bits per heavy atom. The molecular formula is C51H75N6O4PS8. The van der Waals surface area contributed by atoms with Crippen LogP contribution in [0.2, 0.25) is 0 Å². The van der Waals surface area contributed by atoms with Crippen molar-refractivity contribution >= 4 is 101 Å². The van der Waals surface area contributed by atoms with Crippen LogP contribution in [0.25, 0.3) is 0 Å². The summed E-state index contributed by atoms with van der Waals surface area (Å²) in [6.45, 7) is 26.2. The van der Waals surface area contributed by atoms with E-state index in [1.165, 1.54) is 0 Å². The van der Waals surface area contributed by atoms with Gasteiger partial charge < -0.3 is 13.8 Å². The molecule has 4 rings (SSSR count). The van der Waals surface area contributed by atoms with Gasteiger partial charge in [-0.05, 0) is 149 Å². The van der Waals surface area contributed by atoms with Crippen molar-refractivity contribution in [3.05, 3.63) is 97.6 Å². The number of unbranched alkanes of at least 4 members (excludes halogenated alkanes) is 1. The summed E-state index contributed by atoms with van der Waals surface area (Å²) in [4.78, 5) is 30.1. The highest BCUT2D eigenvalue weighted by Gasteiger charge is 2.44. The van der Waals surface area contributed by atoms with E-state index in [-0.39, 0.29) is 29.0 Å². The third-order valence-corrected chi connectivity index (χ3v) is 23.7. The second kappa shape index (κ2) is 35.9. The summed E-state index contributed by atoms with van der Waals surface area (Å²) in [5, 5.41) is 14.1. The lowest BCUT2D eigenvalue weighted by atomic mass is 9.82. The Labute approximate surface area is 454 Å². The number of Topliss-reactive ketones (excluding diaryl/α,β-unsaturated/α-hetero) is 1. The van der Waals surface area contributed by atoms with E-state index in [1.54, 1.807) is 60.2 Å². The molecule has 0 aliphatic carbocycles. The summed E-state index contributed by atoms with van der Waals surface area (Å²) in [5.41, 5.74) is 0.184. The summed E-state index contributed by atoms with van der Waals surface area (Å²) in [5.74, 6) is 1.10. The summed E-state index contributed by atoms with van der Waals surface area (Å²) in [6.07, 6.45) is 11.4. The zero-order valence-electron chi connectivity index (χ0n) is 42.8. The van der Waals surface area contributed by atoms with Crippen molar-refractivity contribution in [2.45, 2.75) is 169 Å². The normalized spacial score (nSPS) is 14.1. The average Bonchev–Trinajstić information content (AvgIpc) is 3.33. The molecule has 0 fully saturated rings. The lowest BCUT2D eigenvalue weighted by molar-refractivity contribution is -0.118. The second-order valence-electron chi connectivity index (χ2n) is 18.7. The van der Waals surface area contributed by atoms with Gasteiger partial charge in [-0.25, -0.2) is 24.6 Å². The van der Waals surface area contributed by atoms with Crippen LogP contribution in [0.5, 0.6) is 0 Å². The van der Waals surface area contributed by atoms with E-state index in [1.807, 2.05) is 87.4 Å². The van der Waals surface area contributed by atoms with Crippen molar-refractivity contribution < 1.29 is 18.6 Å². The number of nitrogens with zero attached hydrogens (tertiary/aromatic N) is 6. The fourth-order valence-electron chi connectivity index (χ4n) is 6.30. The van der Waals surface area contributed by atoms with Gasteiger partial charge in [-0.15, -0.1) is 0 Å². The molecule has 0 aliphatic heterocycles. The number of rotatable bonds is 32. The molecule has 0 saturated heterocycles. The second-order valence-corrected chi connectivity index (χ2v) is 29.6. The van der Waals surface area contributed by atoms with Gasteiger partial charge in [-0.2, -0.15) is 5.26 Å². The van der Waals surface area contributed by atoms with Gasteiger partial charge in [0, 0.05) is 77.8 Å². The first kappa shape index (κ1) is 63.1. The van der Waals surface area contributed by atoms with E-state index in [2.05, 4.69) is 143 Å². The lowest BCUT2D eigenvalue weighted by Crippen LogP contribution is -2.43. The molecule has 0 aromatic carbocycles. The van der Waals surface area contributed by atoms with Crippen molar-refractivity contribution in [1.82, 2.24) is 24.6 Å². The van der Waals surface area contributed by atoms with Gasteiger partial charge in [0.1, 0.15) is 25.9 Å². The Morgan fingerprint density at radius 1 is 0.671 bits per heavy atom. The predicted octanol–water partition coefficient (Wildman–Crippen LogP) is 16.7. The minimum atomic E-state index is -1.27. The number of nitriles is 1. The van der Waals surface area contributed by atoms with Gasteiger partial charge in [0.05, 0.1) is 31.8 Å². The molecule has 0 bridgehead atoms. The fourth-order valence-corrected chi connectivity index (χ4v) is 20.9. The smallest absolute Gasteiger partial charge is 0.259 e. The molecular weight excluding hydrogens is 1050 g/mol.